The van der Waals surface area contributed by atoms with Gasteiger partial charge in [-0.2, -0.15) is 0 Å². The Morgan fingerprint density at radius 2 is 1.92 bits per heavy atom. The van der Waals surface area contributed by atoms with Gasteiger partial charge in [0.1, 0.15) is 11.6 Å². The van der Waals surface area contributed by atoms with Crippen LogP contribution in [0.3, 0.4) is 0 Å². The summed E-state index contributed by atoms with van der Waals surface area (Å²) in [6, 6.07) is 11.7. The number of benzene rings is 2. The molecule has 0 saturated carbocycles. The van der Waals surface area contributed by atoms with E-state index in [2.05, 4.69) is 10.2 Å². The second-order valence-electron chi connectivity index (χ2n) is 5.61. The van der Waals surface area contributed by atoms with E-state index in [1.54, 1.807) is 0 Å². The van der Waals surface area contributed by atoms with Crippen LogP contribution >= 0.6 is 35.0 Å². The van der Waals surface area contributed by atoms with Gasteiger partial charge in [-0.15, -0.1) is 10.2 Å². The van der Waals surface area contributed by atoms with Crippen LogP contribution in [0.2, 0.25) is 10.0 Å². The molecule has 0 aliphatic heterocycles. The van der Waals surface area contributed by atoms with Crippen molar-refractivity contribution < 1.29 is 9.13 Å². The zero-order chi connectivity index (χ0) is 18.7. The van der Waals surface area contributed by atoms with E-state index in [1.165, 1.54) is 30.0 Å². The van der Waals surface area contributed by atoms with Crippen molar-refractivity contribution in [1.29, 1.82) is 0 Å². The quantitative estimate of drug-likeness (QED) is 0.488. The van der Waals surface area contributed by atoms with E-state index in [1.807, 2.05) is 42.8 Å². The molecule has 8 heteroatoms. The van der Waals surface area contributed by atoms with E-state index in [9.17, 15) is 4.39 Å². The Morgan fingerprint density at radius 1 is 1.15 bits per heavy atom. The molecular formula is C18H16Cl2FN3OS. The minimum absolute atomic E-state index is 0.215. The molecule has 1 aromatic heterocycles. The van der Waals surface area contributed by atoms with Crippen molar-refractivity contribution in [2.24, 2.45) is 7.05 Å². The van der Waals surface area contributed by atoms with Crippen LogP contribution in [0.5, 0.6) is 5.75 Å². The van der Waals surface area contributed by atoms with Gasteiger partial charge in [0, 0.05) is 17.8 Å². The lowest BCUT2D eigenvalue weighted by Crippen LogP contribution is -2.10. The molecule has 1 heterocycles. The molecular weight excluding hydrogens is 396 g/mol. The Morgan fingerprint density at radius 3 is 2.65 bits per heavy atom. The molecule has 26 heavy (non-hydrogen) atoms. The minimum atomic E-state index is -0.410. The fourth-order valence-electron chi connectivity index (χ4n) is 2.38. The van der Waals surface area contributed by atoms with Gasteiger partial charge in [-0.3, -0.25) is 0 Å². The molecule has 0 saturated heterocycles. The van der Waals surface area contributed by atoms with Crippen molar-refractivity contribution in [2.45, 2.75) is 23.9 Å². The molecule has 0 fully saturated rings. The second-order valence-corrected chi connectivity index (χ2v) is 7.37. The maximum Gasteiger partial charge on any atom is 0.191 e. The Balaban J connectivity index is 1.70. The molecule has 0 radical (unpaired) electrons. The molecule has 0 aliphatic rings. The summed E-state index contributed by atoms with van der Waals surface area (Å²) in [5.74, 6) is 1.32. The zero-order valence-electron chi connectivity index (χ0n) is 14.1. The maximum atomic E-state index is 13.1. The van der Waals surface area contributed by atoms with Crippen LogP contribution in [0.15, 0.2) is 47.6 Å². The molecule has 3 aromatic rings. The SMILES string of the molecule is CC(Oc1ccc(F)cc1Cl)c1nnc(SCc2ccccc2Cl)n1C. The summed E-state index contributed by atoms with van der Waals surface area (Å²) in [4.78, 5) is 0. The zero-order valence-corrected chi connectivity index (χ0v) is 16.4. The number of rotatable bonds is 6. The van der Waals surface area contributed by atoms with Crippen molar-refractivity contribution in [3.05, 3.63) is 69.7 Å². The number of ether oxygens (including phenoxy) is 1. The lowest BCUT2D eigenvalue weighted by molar-refractivity contribution is 0.211. The fourth-order valence-corrected chi connectivity index (χ4v) is 3.79. The number of aromatic nitrogens is 3. The topological polar surface area (TPSA) is 39.9 Å². The Hall–Kier alpha value is -1.76. The van der Waals surface area contributed by atoms with E-state index in [-0.39, 0.29) is 5.02 Å². The third kappa shape index (κ3) is 4.31. The van der Waals surface area contributed by atoms with Gasteiger partial charge in [0.25, 0.3) is 0 Å². The Bertz CT molecular complexity index is 919. The van der Waals surface area contributed by atoms with Crippen LogP contribution in [-0.4, -0.2) is 14.8 Å². The molecule has 0 bridgehead atoms. The fraction of sp³-hybridized carbons (Fsp3) is 0.222. The van der Waals surface area contributed by atoms with Gasteiger partial charge in [0.05, 0.1) is 5.02 Å². The molecule has 1 atom stereocenters. The highest BCUT2D eigenvalue weighted by molar-refractivity contribution is 7.98. The summed E-state index contributed by atoms with van der Waals surface area (Å²) in [5, 5.41) is 10.1. The van der Waals surface area contributed by atoms with Gasteiger partial charge in [-0.25, -0.2) is 4.39 Å². The molecule has 136 valence electrons. The van der Waals surface area contributed by atoms with E-state index >= 15 is 0 Å². The van der Waals surface area contributed by atoms with Crippen molar-refractivity contribution in [3.63, 3.8) is 0 Å². The third-order valence-corrected chi connectivity index (χ3v) is 5.48. The van der Waals surface area contributed by atoms with Gasteiger partial charge in [0.15, 0.2) is 17.1 Å². The summed E-state index contributed by atoms with van der Waals surface area (Å²) in [6.07, 6.45) is -0.398. The van der Waals surface area contributed by atoms with Crippen LogP contribution in [0.4, 0.5) is 4.39 Å². The van der Waals surface area contributed by atoms with Gasteiger partial charge in [-0.05, 0) is 36.8 Å². The first-order chi connectivity index (χ1) is 12.5. The molecule has 1 unspecified atom stereocenters. The van der Waals surface area contributed by atoms with Crippen molar-refractivity contribution in [2.75, 3.05) is 0 Å². The summed E-state index contributed by atoms with van der Waals surface area (Å²) in [6.45, 7) is 1.84. The predicted octanol–water partition coefficient (Wildman–Crippen LogP) is 5.69. The molecule has 3 rings (SSSR count). The first-order valence-electron chi connectivity index (χ1n) is 7.83. The van der Waals surface area contributed by atoms with Crippen molar-refractivity contribution in [3.8, 4) is 5.75 Å². The third-order valence-electron chi connectivity index (χ3n) is 3.74. The van der Waals surface area contributed by atoms with Crippen molar-refractivity contribution >= 4 is 35.0 Å². The average molecular weight is 412 g/mol. The maximum absolute atomic E-state index is 13.1. The highest BCUT2D eigenvalue weighted by atomic mass is 35.5. The molecule has 0 amide bonds. The molecule has 2 aromatic carbocycles. The molecule has 4 nitrogen and oxygen atoms in total. The lowest BCUT2D eigenvalue weighted by atomic mass is 10.2. The van der Waals surface area contributed by atoms with Gasteiger partial charge < -0.3 is 9.30 Å². The van der Waals surface area contributed by atoms with E-state index < -0.39 is 11.9 Å². The van der Waals surface area contributed by atoms with E-state index in [0.29, 0.717) is 17.3 Å². The van der Waals surface area contributed by atoms with Gasteiger partial charge in [-0.1, -0.05) is 53.2 Å². The van der Waals surface area contributed by atoms with Crippen LogP contribution in [0.25, 0.3) is 0 Å². The normalized spacial score (nSPS) is 12.2. The number of hydrogen-bond acceptors (Lipinski definition) is 4. The summed E-state index contributed by atoms with van der Waals surface area (Å²) < 4.78 is 20.8. The van der Waals surface area contributed by atoms with Gasteiger partial charge in [0.2, 0.25) is 0 Å². The Kier molecular flexibility index (Phi) is 6.06. The van der Waals surface area contributed by atoms with E-state index in [0.717, 1.165) is 15.7 Å². The van der Waals surface area contributed by atoms with Crippen LogP contribution in [0, 0.1) is 5.82 Å². The van der Waals surface area contributed by atoms with Crippen LogP contribution in [-0.2, 0) is 12.8 Å². The Labute approximate surface area is 165 Å². The average Bonchev–Trinajstić information content (AvgIpc) is 2.97. The van der Waals surface area contributed by atoms with Gasteiger partial charge >= 0.3 is 0 Å². The van der Waals surface area contributed by atoms with Crippen LogP contribution in [0.1, 0.15) is 24.4 Å². The second kappa shape index (κ2) is 8.29. The highest BCUT2D eigenvalue weighted by Gasteiger charge is 2.18. The lowest BCUT2D eigenvalue weighted by Gasteiger charge is -2.15. The van der Waals surface area contributed by atoms with E-state index in [4.69, 9.17) is 27.9 Å². The number of hydrogen-bond donors (Lipinski definition) is 0. The first-order valence-corrected chi connectivity index (χ1v) is 9.57. The summed E-state index contributed by atoms with van der Waals surface area (Å²) >= 11 is 13.7. The first kappa shape index (κ1) is 19.0. The largest absolute Gasteiger partial charge is 0.481 e. The minimum Gasteiger partial charge on any atom is -0.481 e. The number of nitrogens with zero attached hydrogens (tertiary/aromatic N) is 3. The molecule has 0 aliphatic carbocycles. The standard InChI is InChI=1S/C18H16Cl2FN3OS/c1-11(25-16-8-7-13(21)9-15(16)20)17-22-23-18(24(17)2)26-10-12-5-3-4-6-14(12)19/h3-9,11H,10H2,1-2H3. The summed E-state index contributed by atoms with van der Waals surface area (Å²) in [7, 11) is 1.87. The summed E-state index contributed by atoms with van der Waals surface area (Å²) in [5.41, 5.74) is 1.03. The predicted molar refractivity (Wildman–Crippen MR) is 102 cm³/mol. The molecule has 0 N–H and O–H groups in total. The number of thioether (sulfide) groups is 1. The van der Waals surface area contributed by atoms with Crippen molar-refractivity contribution in [1.82, 2.24) is 14.8 Å². The smallest absolute Gasteiger partial charge is 0.191 e. The number of halogens is 3. The highest BCUT2D eigenvalue weighted by Crippen LogP contribution is 2.31. The molecule has 0 spiro atoms. The monoisotopic (exact) mass is 411 g/mol. The van der Waals surface area contributed by atoms with Crippen LogP contribution < -0.4 is 4.74 Å².